The second kappa shape index (κ2) is 6.17. The molecule has 22 heavy (non-hydrogen) atoms. The summed E-state index contributed by atoms with van der Waals surface area (Å²) < 4.78 is 0. The van der Waals surface area contributed by atoms with Crippen LogP contribution in [0.4, 0.5) is 0 Å². The summed E-state index contributed by atoms with van der Waals surface area (Å²) in [6, 6.07) is 9.31. The van der Waals surface area contributed by atoms with E-state index in [0.29, 0.717) is 19.6 Å². The number of nitrogens with one attached hydrogen (secondary N) is 2. The van der Waals surface area contributed by atoms with E-state index in [2.05, 4.69) is 10.6 Å². The fourth-order valence-corrected chi connectivity index (χ4v) is 3.08. The van der Waals surface area contributed by atoms with E-state index in [9.17, 15) is 14.4 Å². The van der Waals surface area contributed by atoms with E-state index in [1.165, 1.54) is 0 Å². The minimum absolute atomic E-state index is 0.0511. The van der Waals surface area contributed by atoms with Gasteiger partial charge < -0.3 is 15.5 Å². The van der Waals surface area contributed by atoms with E-state index in [0.717, 1.165) is 5.56 Å². The first kappa shape index (κ1) is 14.6. The van der Waals surface area contributed by atoms with Crippen LogP contribution in [0.2, 0.25) is 0 Å². The molecule has 2 heterocycles. The van der Waals surface area contributed by atoms with Gasteiger partial charge in [0.05, 0.1) is 18.4 Å². The summed E-state index contributed by atoms with van der Waals surface area (Å²) in [6.45, 7) is 1.30. The molecule has 6 heteroatoms. The minimum Gasteiger partial charge on any atom is -0.355 e. The van der Waals surface area contributed by atoms with Crippen LogP contribution in [-0.2, 0) is 14.4 Å². The summed E-state index contributed by atoms with van der Waals surface area (Å²) >= 11 is 0. The quantitative estimate of drug-likeness (QED) is 0.820. The Kier molecular flexibility index (Phi) is 4.09. The van der Waals surface area contributed by atoms with E-state index in [-0.39, 0.29) is 42.5 Å². The molecule has 1 aromatic carbocycles. The average Bonchev–Trinajstić information content (AvgIpc) is 2.86. The molecule has 0 bridgehead atoms. The highest BCUT2D eigenvalue weighted by Gasteiger charge is 2.36. The van der Waals surface area contributed by atoms with Gasteiger partial charge in [0.15, 0.2) is 0 Å². The maximum Gasteiger partial charge on any atom is 0.228 e. The van der Waals surface area contributed by atoms with Crippen LogP contribution in [-0.4, -0.2) is 42.3 Å². The third-order valence-electron chi connectivity index (χ3n) is 4.22. The Labute approximate surface area is 128 Å². The molecule has 0 saturated carbocycles. The Morgan fingerprint density at radius 1 is 1.05 bits per heavy atom. The Morgan fingerprint density at radius 3 is 2.45 bits per heavy atom. The van der Waals surface area contributed by atoms with Crippen LogP contribution in [0.25, 0.3) is 0 Å². The second-order valence-corrected chi connectivity index (χ2v) is 5.72. The molecule has 0 radical (unpaired) electrons. The minimum atomic E-state index is -0.327. The third-order valence-corrected chi connectivity index (χ3v) is 4.22. The molecule has 3 amide bonds. The SMILES string of the molecule is O=C1CC(C(=O)N2CCNC(=O)CC2c2ccccc2)CN1. The molecular formula is C16H19N3O3. The molecule has 0 spiro atoms. The number of hydrogen-bond acceptors (Lipinski definition) is 3. The lowest BCUT2D eigenvalue weighted by molar-refractivity contribution is -0.138. The van der Waals surface area contributed by atoms with Crippen LogP contribution in [0.3, 0.4) is 0 Å². The predicted octanol–water partition coefficient (Wildman–Crippen LogP) is 0.212. The fraction of sp³-hybridized carbons (Fsp3) is 0.438. The van der Waals surface area contributed by atoms with Gasteiger partial charge in [0.25, 0.3) is 0 Å². The van der Waals surface area contributed by atoms with E-state index in [4.69, 9.17) is 0 Å². The highest BCUT2D eigenvalue weighted by Crippen LogP contribution is 2.28. The number of rotatable bonds is 2. The lowest BCUT2D eigenvalue weighted by atomic mass is 9.99. The van der Waals surface area contributed by atoms with Gasteiger partial charge in [-0.1, -0.05) is 30.3 Å². The Balaban J connectivity index is 1.86. The molecule has 2 saturated heterocycles. The van der Waals surface area contributed by atoms with Gasteiger partial charge in [-0.3, -0.25) is 14.4 Å². The largest absolute Gasteiger partial charge is 0.355 e. The van der Waals surface area contributed by atoms with E-state index in [1.54, 1.807) is 4.90 Å². The smallest absolute Gasteiger partial charge is 0.228 e. The molecule has 0 aromatic heterocycles. The van der Waals surface area contributed by atoms with Crippen LogP contribution in [0.15, 0.2) is 30.3 Å². The van der Waals surface area contributed by atoms with Crippen LogP contribution in [0.1, 0.15) is 24.4 Å². The molecule has 3 rings (SSSR count). The molecule has 2 fully saturated rings. The third kappa shape index (κ3) is 2.95. The highest BCUT2D eigenvalue weighted by atomic mass is 16.2. The highest BCUT2D eigenvalue weighted by molar-refractivity contribution is 5.90. The normalized spacial score (nSPS) is 25.4. The zero-order chi connectivity index (χ0) is 15.5. The lowest BCUT2D eigenvalue weighted by Crippen LogP contribution is -2.41. The molecule has 2 atom stereocenters. The maximum absolute atomic E-state index is 12.8. The topological polar surface area (TPSA) is 78.5 Å². The Bertz CT molecular complexity index is 588. The molecule has 0 aliphatic carbocycles. The average molecular weight is 301 g/mol. The lowest BCUT2D eigenvalue weighted by Gasteiger charge is -2.31. The number of nitrogens with zero attached hydrogens (tertiary/aromatic N) is 1. The molecule has 2 aliphatic rings. The summed E-state index contributed by atoms with van der Waals surface area (Å²) in [6.07, 6.45) is 0.488. The molecule has 2 unspecified atom stereocenters. The molecule has 2 aliphatic heterocycles. The first-order chi connectivity index (χ1) is 10.6. The molecule has 116 valence electrons. The standard InChI is InChI=1S/C16H19N3O3/c20-14-8-12(10-18-14)16(22)19-7-6-17-15(21)9-13(19)11-4-2-1-3-5-11/h1-5,12-13H,6-10H2,(H,17,21)(H,18,20). The van der Waals surface area contributed by atoms with Gasteiger partial charge in [0.1, 0.15) is 0 Å². The number of carbonyl (C=O) groups excluding carboxylic acids is 3. The van der Waals surface area contributed by atoms with E-state index in [1.807, 2.05) is 30.3 Å². The van der Waals surface area contributed by atoms with Crippen molar-refractivity contribution in [2.24, 2.45) is 5.92 Å². The first-order valence-corrected chi connectivity index (χ1v) is 7.54. The van der Waals surface area contributed by atoms with Crippen LogP contribution in [0.5, 0.6) is 0 Å². The number of carbonyl (C=O) groups is 3. The Hall–Kier alpha value is -2.37. The van der Waals surface area contributed by atoms with Gasteiger partial charge in [0, 0.05) is 26.1 Å². The van der Waals surface area contributed by atoms with Crippen molar-refractivity contribution in [3.63, 3.8) is 0 Å². The maximum atomic E-state index is 12.8. The van der Waals surface area contributed by atoms with Crippen molar-refractivity contribution in [1.82, 2.24) is 15.5 Å². The number of benzene rings is 1. The fourth-order valence-electron chi connectivity index (χ4n) is 3.08. The monoisotopic (exact) mass is 301 g/mol. The Morgan fingerprint density at radius 2 is 1.77 bits per heavy atom. The van der Waals surface area contributed by atoms with Crippen molar-refractivity contribution in [2.45, 2.75) is 18.9 Å². The summed E-state index contributed by atoms with van der Waals surface area (Å²) in [7, 11) is 0. The van der Waals surface area contributed by atoms with Crippen molar-refractivity contribution < 1.29 is 14.4 Å². The van der Waals surface area contributed by atoms with Crippen molar-refractivity contribution in [2.75, 3.05) is 19.6 Å². The predicted molar refractivity (Wildman–Crippen MR) is 79.6 cm³/mol. The zero-order valence-electron chi connectivity index (χ0n) is 12.2. The zero-order valence-corrected chi connectivity index (χ0v) is 12.2. The van der Waals surface area contributed by atoms with Gasteiger partial charge in [0.2, 0.25) is 17.7 Å². The number of amides is 3. The molecule has 1 aromatic rings. The van der Waals surface area contributed by atoms with Crippen molar-refractivity contribution in [1.29, 1.82) is 0 Å². The van der Waals surface area contributed by atoms with Crippen molar-refractivity contribution >= 4 is 17.7 Å². The number of hydrogen-bond donors (Lipinski definition) is 2. The van der Waals surface area contributed by atoms with Crippen molar-refractivity contribution in [3.05, 3.63) is 35.9 Å². The van der Waals surface area contributed by atoms with E-state index >= 15 is 0 Å². The van der Waals surface area contributed by atoms with Crippen LogP contribution < -0.4 is 10.6 Å². The molecular weight excluding hydrogens is 282 g/mol. The molecule has 6 nitrogen and oxygen atoms in total. The van der Waals surface area contributed by atoms with Crippen molar-refractivity contribution in [3.8, 4) is 0 Å². The summed E-state index contributed by atoms with van der Waals surface area (Å²) in [5.41, 5.74) is 0.949. The first-order valence-electron chi connectivity index (χ1n) is 7.54. The molecule has 2 N–H and O–H groups in total. The van der Waals surface area contributed by atoms with Gasteiger partial charge in [-0.25, -0.2) is 0 Å². The van der Waals surface area contributed by atoms with Crippen LogP contribution in [0, 0.1) is 5.92 Å². The van der Waals surface area contributed by atoms with Crippen LogP contribution >= 0.6 is 0 Å². The van der Waals surface area contributed by atoms with Gasteiger partial charge in [-0.05, 0) is 5.56 Å². The summed E-state index contributed by atoms with van der Waals surface area (Å²) in [5, 5.41) is 5.51. The van der Waals surface area contributed by atoms with E-state index < -0.39 is 0 Å². The summed E-state index contributed by atoms with van der Waals surface area (Å²) in [5.74, 6) is -0.515. The van der Waals surface area contributed by atoms with Gasteiger partial charge in [-0.15, -0.1) is 0 Å². The van der Waals surface area contributed by atoms with Gasteiger partial charge >= 0.3 is 0 Å². The van der Waals surface area contributed by atoms with Gasteiger partial charge in [-0.2, -0.15) is 0 Å². The second-order valence-electron chi connectivity index (χ2n) is 5.72. The summed E-state index contributed by atoms with van der Waals surface area (Å²) in [4.78, 5) is 37.8.